The molecule has 0 aliphatic heterocycles. The van der Waals surface area contributed by atoms with Crippen molar-refractivity contribution in [3.63, 3.8) is 0 Å². The summed E-state index contributed by atoms with van der Waals surface area (Å²) in [6.07, 6.45) is 0. The average molecular weight is 262 g/mol. The first-order chi connectivity index (χ1) is 8.99. The molecule has 3 N–H and O–H groups in total. The van der Waals surface area contributed by atoms with Gasteiger partial charge in [0.15, 0.2) is 0 Å². The van der Waals surface area contributed by atoms with Crippen molar-refractivity contribution < 1.29 is 9.90 Å². The third-order valence-corrected chi connectivity index (χ3v) is 2.51. The Bertz CT molecular complexity index is 716. The van der Waals surface area contributed by atoms with Crippen LogP contribution in [0.2, 0.25) is 0 Å². The second-order valence-electron chi connectivity index (χ2n) is 3.74. The number of benzene rings is 1. The maximum atomic E-state index is 11.6. The Morgan fingerprint density at radius 2 is 1.89 bits per heavy atom. The summed E-state index contributed by atoms with van der Waals surface area (Å²) in [4.78, 5) is 36.6. The number of anilines is 2. The lowest BCUT2D eigenvalue weighted by atomic mass is 10.2. The number of carbonyl (C=O) groups is 1. The van der Waals surface area contributed by atoms with Crippen LogP contribution in [0, 0.1) is 0 Å². The Balaban J connectivity index is 2.38. The Labute approximate surface area is 106 Å². The molecule has 1 aromatic heterocycles. The minimum Gasteiger partial charge on any atom is -0.478 e. The number of rotatable bonds is 3. The van der Waals surface area contributed by atoms with Crippen LogP contribution in [0.1, 0.15) is 10.4 Å². The smallest absolute Gasteiger partial charge is 0.342 e. The highest BCUT2D eigenvalue weighted by Crippen LogP contribution is 2.18. The van der Waals surface area contributed by atoms with Gasteiger partial charge in [-0.2, -0.15) is 0 Å². The van der Waals surface area contributed by atoms with E-state index in [2.05, 4.69) is 15.2 Å². The highest BCUT2D eigenvalue weighted by Gasteiger charge is 2.11. The summed E-state index contributed by atoms with van der Waals surface area (Å²) in [6, 6.07) is 5.90. The van der Waals surface area contributed by atoms with Crippen molar-refractivity contribution >= 4 is 17.5 Å². The van der Waals surface area contributed by atoms with E-state index in [-0.39, 0.29) is 11.4 Å². The summed E-state index contributed by atoms with van der Waals surface area (Å²) in [6.45, 7) is 0. The molecule has 2 rings (SSSR count). The molecule has 1 aromatic carbocycles. The van der Waals surface area contributed by atoms with E-state index < -0.39 is 17.2 Å². The fourth-order valence-electron chi connectivity index (χ4n) is 1.52. The largest absolute Gasteiger partial charge is 0.478 e. The zero-order valence-electron chi connectivity index (χ0n) is 9.88. The average Bonchev–Trinajstić information content (AvgIpc) is 2.38. The lowest BCUT2D eigenvalue weighted by molar-refractivity contribution is 0.0697. The highest BCUT2D eigenvalue weighted by molar-refractivity contribution is 5.88. The van der Waals surface area contributed by atoms with Gasteiger partial charge in [0.1, 0.15) is 0 Å². The van der Waals surface area contributed by atoms with E-state index in [1.54, 1.807) is 7.05 Å². The zero-order chi connectivity index (χ0) is 14.0. The van der Waals surface area contributed by atoms with Crippen molar-refractivity contribution in [1.82, 2.24) is 15.2 Å². The van der Waals surface area contributed by atoms with Gasteiger partial charge in [0.05, 0.1) is 5.56 Å². The van der Waals surface area contributed by atoms with Gasteiger partial charge in [0, 0.05) is 12.7 Å². The van der Waals surface area contributed by atoms with Crippen molar-refractivity contribution in [3.8, 4) is 0 Å². The van der Waals surface area contributed by atoms with Gasteiger partial charge in [0.25, 0.3) is 5.56 Å². The topological polar surface area (TPSA) is 119 Å². The predicted molar refractivity (Wildman–Crippen MR) is 66.9 cm³/mol. The molecule has 19 heavy (non-hydrogen) atoms. The molecule has 1 heterocycles. The molecular weight excluding hydrogens is 252 g/mol. The zero-order valence-corrected chi connectivity index (χ0v) is 9.88. The summed E-state index contributed by atoms with van der Waals surface area (Å²) < 4.78 is 0. The highest BCUT2D eigenvalue weighted by atomic mass is 16.4. The predicted octanol–water partition coefficient (Wildman–Crippen LogP) is -0.0757. The van der Waals surface area contributed by atoms with Crippen LogP contribution in [0.25, 0.3) is 0 Å². The molecule has 98 valence electrons. The van der Waals surface area contributed by atoms with Gasteiger partial charge in [-0.15, -0.1) is 5.10 Å². The first-order valence-corrected chi connectivity index (χ1v) is 5.25. The summed E-state index contributed by atoms with van der Waals surface area (Å²) in [5.41, 5.74) is -0.618. The molecule has 8 heteroatoms. The van der Waals surface area contributed by atoms with Crippen LogP contribution in [0.3, 0.4) is 0 Å². The van der Waals surface area contributed by atoms with Crippen molar-refractivity contribution in [1.29, 1.82) is 0 Å². The number of carboxylic acid groups (broad SMARTS) is 1. The van der Waals surface area contributed by atoms with Gasteiger partial charge in [0.2, 0.25) is 5.82 Å². The molecule has 0 bridgehead atoms. The van der Waals surface area contributed by atoms with E-state index >= 15 is 0 Å². The molecule has 2 aromatic rings. The maximum Gasteiger partial charge on any atom is 0.342 e. The normalized spacial score (nSPS) is 10.2. The van der Waals surface area contributed by atoms with E-state index in [1.165, 1.54) is 29.2 Å². The fourth-order valence-corrected chi connectivity index (χ4v) is 1.52. The minimum absolute atomic E-state index is 0.00248. The molecule has 0 saturated carbocycles. The SMILES string of the molecule is CN(c1ccc(C(=O)O)cc1)c1n[nH]c(=O)[nH]c1=O. The Kier molecular flexibility index (Phi) is 3.15. The van der Waals surface area contributed by atoms with Gasteiger partial charge in [-0.05, 0) is 24.3 Å². The molecular formula is C11H10N4O4. The molecule has 0 unspecified atom stereocenters. The van der Waals surface area contributed by atoms with E-state index in [1.807, 2.05) is 0 Å². The van der Waals surface area contributed by atoms with Gasteiger partial charge >= 0.3 is 11.7 Å². The van der Waals surface area contributed by atoms with Crippen LogP contribution in [0.5, 0.6) is 0 Å². The molecule has 8 nitrogen and oxygen atoms in total. The first kappa shape index (κ1) is 12.6. The van der Waals surface area contributed by atoms with E-state index in [9.17, 15) is 14.4 Å². The van der Waals surface area contributed by atoms with Gasteiger partial charge in [-0.3, -0.25) is 9.78 Å². The molecule has 0 atom stereocenters. The van der Waals surface area contributed by atoms with Crippen molar-refractivity contribution in [3.05, 3.63) is 50.7 Å². The monoisotopic (exact) mass is 262 g/mol. The van der Waals surface area contributed by atoms with Crippen LogP contribution in [0.4, 0.5) is 11.5 Å². The van der Waals surface area contributed by atoms with E-state index in [4.69, 9.17) is 5.11 Å². The number of nitrogens with one attached hydrogen (secondary N) is 2. The summed E-state index contributed by atoms with van der Waals surface area (Å²) >= 11 is 0. The maximum absolute atomic E-state index is 11.6. The molecule has 0 amide bonds. The van der Waals surface area contributed by atoms with Crippen LogP contribution in [0.15, 0.2) is 33.9 Å². The third kappa shape index (κ3) is 2.51. The van der Waals surface area contributed by atoms with Gasteiger partial charge < -0.3 is 10.0 Å². The number of aromatic carboxylic acids is 1. The Hall–Kier alpha value is -2.90. The van der Waals surface area contributed by atoms with Crippen LogP contribution < -0.4 is 16.1 Å². The van der Waals surface area contributed by atoms with Crippen molar-refractivity contribution in [2.45, 2.75) is 0 Å². The van der Waals surface area contributed by atoms with Gasteiger partial charge in [-0.1, -0.05) is 0 Å². The minimum atomic E-state index is -1.03. The number of nitrogens with zero attached hydrogens (tertiary/aromatic N) is 2. The molecule has 0 aliphatic carbocycles. The van der Waals surface area contributed by atoms with Crippen molar-refractivity contribution in [2.24, 2.45) is 0 Å². The first-order valence-electron chi connectivity index (χ1n) is 5.25. The van der Waals surface area contributed by atoms with Crippen LogP contribution in [-0.4, -0.2) is 33.3 Å². The standard InChI is InChI=1S/C11H10N4O4/c1-15(8-9(16)12-11(19)14-13-8)7-4-2-6(3-5-7)10(17)18/h2-5H,1H3,(H,17,18)(H2,12,14,16,19). The summed E-state index contributed by atoms with van der Waals surface area (Å²) in [5, 5.41) is 14.5. The Morgan fingerprint density at radius 3 is 2.42 bits per heavy atom. The third-order valence-electron chi connectivity index (χ3n) is 2.51. The number of aromatic amines is 2. The summed E-state index contributed by atoms with van der Waals surface area (Å²) in [5.74, 6) is -1.03. The fraction of sp³-hybridized carbons (Fsp3) is 0.0909. The number of hydrogen-bond donors (Lipinski definition) is 3. The van der Waals surface area contributed by atoms with Crippen LogP contribution >= 0.6 is 0 Å². The second kappa shape index (κ2) is 4.77. The Morgan fingerprint density at radius 1 is 1.26 bits per heavy atom. The molecule has 0 fully saturated rings. The lowest BCUT2D eigenvalue weighted by Gasteiger charge is -2.16. The molecule has 0 aliphatic rings. The van der Waals surface area contributed by atoms with Crippen LogP contribution in [-0.2, 0) is 0 Å². The number of H-pyrrole nitrogens is 2. The quantitative estimate of drug-likeness (QED) is 0.712. The molecule has 0 spiro atoms. The number of aromatic nitrogens is 3. The molecule has 0 radical (unpaired) electrons. The van der Waals surface area contributed by atoms with E-state index in [0.29, 0.717) is 5.69 Å². The van der Waals surface area contributed by atoms with Gasteiger partial charge in [-0.25, -0.2) is 14.7 Å². The summed E-state index contributed by atoms with van der Waals surface area (Å²) in [7, 11) is 1.58. The number of carboxylic acids is 1. The number of hydrogen-bond acceptors (Lipinski definition) is 5. The molecule has 0 saturated heterocycles. The second-order valence-corrected chi connectivity index (χ2v) is 3.74. The van der Waals surface area contributed by atoms with E-state index in [0.717, 1.165) is 0 Å². The van der Waals surface area contributed by atoms with Crippen molar-refractivity contribution in [2.75, 3.05) is 11.9 Å². The lowest BCUT2D eigenvalue weighted by Crippen LogP contribution is -2.29.